The van der Waals surface area contributed by atoms with E-state index in [1.807, 2.05) is 25.7 Å². The predicted molar refractivity (Wildman–Crippen MR) is 127 cm³/mol. The van der Waals surface area contributed by atoms with Crippen LogP contribution in [0.25, 0.3) is 11.3 Å². The Morgan fingerprint density at radius 3 is 2.74 bits per heavy atom. The molecule has 1 atom stereocenters. The van der Waals surface area contributed by atoms with Gasteiger partial charge in [0.25, 0.3) is 0 Å². The van der Waals surface area contributed by atoms with Crippen molar-refractivity contribution in [1.29, 1.82) is 0 Å². The largest absolute Gasteiger partial charge is 0.444 e. The van der Waals surface area contributed by atoms with Crippen molar-refractivity contribution in [3.8, 4) is 22.7 Å². The van der Waals surface area contributed by atoms with Crippen LogP contribution in [-0.2, 0) is 17.6 Å². The number of nitrogens with zero attached hydrogens (tertiary/aromatic N) is 2. The van der Waals surface area contributed by atoms with Crippen LogP contribution in [0, 0.1) is 11.5 Å². The van der Waals surface area contributed by atoms with E-state index in [2.05, 4.69) is 54.3 Å². The summed E-state index contributed by atoms with van der Waals surface area (Å²) in [7, 11) is -1.40. The maximum Gasteiger partial charge on any atom is 0.410 e. The summed E-state index contributed by atoms with van der Waals surface area (Å²) in [6, 6.07) is 6.44. The van der Waals surface area contributed by atoms with E-state index in [1.54, 1.807) is 0 Å². The lowest BCUT2D eigenvalue weighted by Crippen LogP contribution is -2.36. The van der Waals surface area contributed by atoms with Crippen LogP contribution < -0.4 is 0 Å². The average molecular weight is 436 g/mol. The van der Waals surface area contributed by atoms with Gasteiger partial charge < -0.3 is 9.72 Å². The minimum Gasteiger partial charge on any atom is -0.444 e. The van der Waals surface area contributed by atoms with Gasteiger partial charge in [-0.1, -0.05) is 31.6 Å². The highest BCUT2D eigenvalue weighted by Gasteiger charge is 2.36. The van der Waals surface area contributed by atoms with Gasteiger partial charge in [-0.25, -0.2) is 9.78 Å². The second kappa shape index (κ2) is 7.87. The topological polar surface area (TPSA) is 58.2 Å². The monoisotopic (exact) mass is 435 g/mol. The van der Waals surface area contributed by atoms with Crippen molar-refractivity contribution in [3.63, 3.8) is 0 Å². The first-order chi connectivity index (χ1) is 14.5. The van der Waals surface area contributed by atoms with Crippen LogP contribution in [0.4, 0.5) is 4.79 Å². The molecule has 1 aromatic carbocycles. The fourth-order valence-electron chi connectivity index (χ4n) is 4.21. The van der Waals surface area contributed by atoms with Gasteiger partial charge in [0.05, 0.1) is 11.7 Å². The Bertz CT molecular complexity index is 1060. The number of hydrogen-bond acceptors (Lipinski definition) is 3. The molecule has 0 saturated carbocycles. The smallest absolute Gasteiger partial charge is 0.410 e. The van der Waals surface area contributed by atoms with Gasteiger partial charge in [-0.3, -0.25) is 4.90 Å². The minimum absolute atomic E-state index is 0.0502. The van der Waals surface area contributed by atoms with E-state index in [0.717, 1.165) is 42.8 Å². The van der Waals surface area contributed by atoms with Crippen molar-refractivity contribution in [1.82, 2.24) is 14.9 Å². The van der Waals surface area contributed by atoms with Crippen molar-refractivity contribution < 1.29 is 9.53 Å². The normalized spacial score (nSPS) is 18.1. The molecular weight excluding hydrogens is 402 g/mol. The molecule has 6 heteroatoms. The molecule has 31 heavy (non-hydrogen) atoms. The van der Waals surface area contributed by atoms with Crippen molar-refractivity contribution in [2.75, 3.05) is 6.54 Å². The first-order valence-electron chi connectivity index (χ1n) is 11.2. The van der Waals surface area contributed by atoms with E-state index in [1.165, 1.54) is 16.8 Å². The van der Waals surface area contributed by atoms with Crippen LogP contribution >= 0.6 is 0 Å². The van der Waals surface area contributed by atoms with E-state index in [9.17, 15) is 4.79 Å². The molecule has 2 aliphatic rings. The van der Waals surface area contributed by atoms with Gasteiger partial charge >= 0.3 is 6.09 Å². The molecule has 1 aromatic heterocycles. The summed E-state index contributed by atoms with van der Waals surface area (Å²) in [5, 5.41) is 0. The lowest BCUT2D eigenvalue weighted by molar-refractivity contribution is 0.0218. The van der Waals surface area contributed by atoms with E-state index in [4.69, 9.17) is 9.72 Å². The lowest BCUT2D eigenvalue weighted by atomic mass is 9.91. The minimum atomic E-state index is -1.40. The number of carbonyl (C=O) groups is 1. The Morgan fingerprint density at radius 2 is 2.03 bits per heavy atom. The average Bonchev–Trinajstić information content (AvgIpc) is 3.30. The van der Waals surface area contributed by atoms with Crippen LogP contribution in [0.2, 0.25) is 19.6 Å². The highest BCUT2D eigenvalue weighted by atomic mass is 28.3. The molecule has 1 fully saturated rings. The van der Waals surface area contributed by atoms with Crippen molar-refractivity contribution in [3.05, 3.63) is 40.8 Å². The van der Waals surface area contributed by atoms with Gasteiger partial charge in [0.2, 0.25) is 0 Å². The number of rotatable bonds is 1. The molecule has 1 aliphatic carbocycles. The number of fused-ring (bicyclic) bond motifs is 3. The summed E-state index contributed by atoms with van der Waals surface area (Å²) in [4.78, 5) is 23.1. The zero-order valence-electron chi connectivity index (χ0n) is 19.6. The number of likely N-dealkylation sites (tertiary alicyclic amines) is 1. The summed E-state index contributed by atoms with van der Waals surface area (Å²) >= 11 is 0. The highest BCUT2D eigenvalue weighted by molar-refractivity contribution is 6.83. The molecule has 2 aromatic rings. The third-order valence-corrected chi connectivity index (χ3v) is 6.46. The number of aryl methyl sites for hydroxylation is 2. The Kier molecular flexibility index (Phi) is 5.51. The van der Waals surface area contributed by atoms with Crippen LogP contribution in [0.1, 0.15) is 62.3 Å². The van der Waals surface area contributed by atoms with E-state index in [-0.39, 0.29) is 12.1 Å². The van der Waals surface area contributed by atoms with E-state index < -0.39 is 13.7 Å². The third-order valence-electron chi connectivity index (χ3n) is 5.58. The Morgan fingerprint density at radius 1 is 1.26 bits per heavy atom. The maximum atomic E-state index is 12.7. The Labute approximate surface area is 186 Å². The second-order valence-corrected chi connectivity index (χ2v) is 15.4. The molecule has 1 saturated heterocycles. The molecule has 5 nitrogen and oxygen atoms in total. The van der Waals surface area contributed by atoms with Gasteiger partial charge in [-0.2, -0.15) is 0 Å². The van der Waals surface area contributed by atoms with Crippen LogP contribution in [-0.4, -0.2) is 41.2 Å². The Hall–Kier alpha value is -2.52. The SMILES string of the molecule is CC(C)(C)OC(=O)N1CCC[C@H]1c1nc2c([nH]1)CCc1cc(C#C[Si](C)(C)C)ccc1-2. The number of aromatic amines is 1. The third kappa shape index (κ3) is 4.88. The molecule has 0 radical (unpaired) electrons. The number of aromatic nitrogens is 2. The number of ether oxygens (including phenoxy) is 1. The molecule has 0 bridgehead atoms. The number of carbonyl (C=O) groups excluding carboxylic acids is 1. The second-order valence-electron chi connectivity index (χ2n) is 10.7. The summed E-state index contributed by atoms with van der Waals surface area (Å²) in [6.45, 7) is 13.2. The summed E-state index contributed by atoms with van der Waals surface area (Å²) in [5.74, 6) is 4.25. The lowest BCUT2D eigenvalue weighted by Gasteiger charge is -2.27. The van der Waals surface area contributed by atoms with Crippen LogP contribution in [0.5, 0.6) is 0 Å². The summed E-state index contributed by atoms with van der Waals surface area (Å²) < 4.78 is 5.63. The number of imidazole rings is 1. The molecule has 4 rings (SSSR count). The quantitative estimate of drug-likeness (QED) is 0.477. The maximum absolute atomic E-state index is 12.7. The van der Waals surface area contributed by atoms with Crippen molar-refractivity contribution in [2.45, 2.75) is 77.7 Å². The summed E-state index contributed by atoms with van der Waals surface area (Å²) in [5.41, 5.74) is 8.73. The summed E-state index contributed by atoms with van der Waals surface area (Å²) in [6.07, 6.45) is 3.52. The first kappa shape index (κ1) is 21.7. The standard InChI is InChI=1S/C25H33N3O2Si/c1-25(2,3)30-24(29)28-14-7-8-21(28)23-26-20-12-10-18-16-17(13-15-31(4,5)6)9-11-19(18)22(20)27-23/h9,11,16,21H,7-8,10,12,14H2,1-6H3,(H,26,27)/t21-/m0/s1. The fourth-order valence-corrected chi connectivity index (χ4v) is 4.73. The van der Waals surface area contributed by atoms with Gasteiger partial charge in [-0.05, 0) is 64.2 Å². The van der Waals surface area contributed by atoms with Crippen molar-refractivity contribution in [2.24, 2.45) is 0 Å². The number of H-pyrrole nitrogens is 1. The van der Waals surface area contributed by atoms with E-state index in [0.29, 0.717) is 6.54 Å². The highest BCUT2D eigenvalue weighted by Crippen LogP contribution is 2.37. The molecule has 2 heterocycles. The molecular formula is C25H33N3O2Si. The zero-order chi connectivity index (χ0) is 22.4. The van der Waals surface area contributed by atoms with Gasteiger partial charge in [0.1, 0.15) is 19.5 Å². The Balaban J connectivity index is 1.60. The molecule has 0 unspecified atom stereocenters. The van der Waals surface area contributed by atoms with E-state index >= 15 is 0 Å². The number of amides is 1. The number of benzene rings is 1. The zero-order valence-corrected chi connectivity index (χ0v) is 20.6. The molecule has 1 amide bonds. The molecule has 164 valence electrons. The van der Waals surface area contributed by atoms with Gasteiger partial charge in [0, 0.05) is 23.4 Å². The molecule has 1 aliphatic heterocycles. The predicted octanol–water partition coefficient (Wildman–Crippen LogP) is 5.48. The van der Waals surface area contributed by atoms with Crippen LogP contribution in [0.15, 0.2) is 18.2 Å². The number of nitrogens with one attached hydrogen (secondary N) is 1. The molecule has 0 spiro atoms. The van der Waals surface area contributed by atoms with Gasteiger partial charge in [0.15, 0.2) is 0 Å². The van der Waals surface area contributed by atoms with Crippen LogP contribution in [0.3, 0.4) is 0 Å². The molecule has 1 N–H and O–H groups in total. The van der Waals surface area contributed by atoms with Crippen molar-refractivity contribution >= 4 is 14.2 Å². The number of hydrogen-bond donors (Lipinski definition) is 1. The first-order valence-corrected chi connectivity index (χ1v) is 14.7. The fraction of sp³-hybridized carbons (Fsp3) is 0.520. The van der Waals surface area contributed by atoms with Gasteiger partial charge in [-0.15, -0.1) is 5.54 Å².